The number of ether oxygens (including phenoxy) is 2. The molecule has 1 unspecified atom stereocenters. The van der Waals surface area contributed by atoms with Crippen LogP contribution in [0, 0.1) is 5.92 Å². The number of nitrogens with two attached hydrogens (primary N) is 1. The summed E-state index contributed by atoms with van der Waals surface area (Å²) in [7, 11) is 0. The fraction of sp³-hybridized carbons (Fsp3) is 0.562. The van der Waals surface area contributed by atoms with Gasteiger partial charge in [-0.05, 0) is 37.6 Å². The monoisotopic (exact) mass is 294 g/mol. The molecule has 0 spiro atoms. The maximum atomic E-state index is 11.0. The van der Waals surface area contributed by atoms with Gasteiger partial charge in [0.25, 0.3) is 0 Å². The maximum absolute atomic E-state index is 11.0. The molecular weight excluding hydrogens is 268 g/mol. The van der Waals surface area contributed by atoms with Gasteiger partial charge < -0.3 is 20.5 Å². The second-order valence-electron chi connectivity index (χ2n) is 5.01. The van der Waals surface area contributed by atoms with Gasteiger partial charge in [0.15, 0.2) is 11.5 Å². The number of hydrogen-bond acceptors (Lipinski definition) is 4. The molecule has 0 aliphatic heterocycles. The van der Waals surface area contributed by atoms with E-state index in [1.165, 1.54) is 0 Å². The molecule has 1 amide bonds. The lowest BCUT2D eigenvalue weighted by molar-refractivity contribution is -0.122. The predicted octanol–water partition coefficient (Wildman–Crippen LogP) is 2.09. The number of primary amides is 1. The van der Waals surface area contributed by atoms with Crippen LogP contribution in [0.2, 0.25) is 0 Å². The van der Waals surface area contributed by atoms with Gasteiger partial charge in [0.1, 0.15) is 0 Å². The number of nitrogens with one attached hydrogen (secondary N) is 1. The van der Waals surface area contributed by atoms with Gasteiger partial charge in [-0.2, -0.15) is 0 Å². The van der Waals surface area contributed by atoms with Crippen molar-refractivity contribution in [2.45, 2.75) is 33.7 Å². The zero-order chi connectivity index (χ0) is 15.7. The van der Waals surface area contributed by atoms with Gasteiger partial charge in [-0.25, -0.2) is 0 Å². The van der Waals surface area contributed by atoms with Crippen LogP contribution in [0.1, 0.15) is 32.8 Å². The number of hydrogen-bond donors (Lipinski definition) is 2. The number of amides is 1. The van der Waals surface area contributed by atoms with Gasteiger partial charge in [-0.3, -0.25) is 4.79 Å². The summed E-state index contributed by atoms with van der Waals surface area (Å²) in [6, 6.07) is 5.84. The first kappa shape index (κ1) is 17.3. The van der Waals surface area contributed by atoms with Crippen molar-refractivity contribution in [3.63, 3.8) is 0 Å². The molecule has 5 nitrogen and oxygen atoms in total. The lowest BCUT2D eigenvalue weighted by Gasteiger charge is -2.15. The molecule has 0 heterocycles. The Kier molecular flexibility index (Phi) is 7.61. The Hall–Kier alpha value is -1.75. The third-order valence-corrected chi connectivity index (χ3v) is 3.04. The first-order valence-corrected chi connectivity index (χ1v) is 7.47. The molecule has 0 aliphatic carbocycles. The summed E-state index contributed by atoms with van der Waals surface area (Å²) < 4.78 is 11.3. The minimum absolute atomic E-state index is 0.253. The standard InChI is InChI=1S/C16H26N2O3/c1-4-8-18-10-13-6-7-14(15(9-13)20-5-2)21-11-12(3)16(17)19/h6-7,9,12,18H,4-5,8,10-11H2,1-3H3,(H2,17,19). The summed E-state index contributed by atoms with van der Waals surface area (Å²) in [6.45, 7) is 8.40. The summed E-state index contributed by atoms with van der Waals surface area (Å²) in [4.78, 5) is 11.0. The molecule has 0 saturated carbocycles. The topological polar surface area (TPSA) is 73.6 Å². The zero-order valence-corrected chi connectivity index (χ0v) is 13.1. The Bertz CT molecular complexity index is 449. The van der Waals surface area contributed by atoms with Crippen LogP contribution in [0.25, 0.3) is 0 Å². The first-order chi connectivity index (χ1) is 10.1. The molecule has 1 rings (SSSR count). The van der Waals surface area contributed by atoms with Crippen LogP contribution in [-0.2, 0) is 11.3 Å². The maximum Gasteiger partial charge on any atom is 0.223 e. The Labute approximate surface area is 126 Å². The average molecular weight is 294 g/mol. The van der Waals surface area contributed by atoms with Crippen LogP contribution in [0.5, 0.6) is 11.5 Å². The molecule has 0 fully saturated rings. The molecule has 1 aromatic rings. The van der Waals surface area contributed by atoms with E-state index in [2.05, 4.69) is 12.2 Å². The summed E-state index contributed by atoms with van der Waals surface area (Å²) in [5.74, 6) is 0.646. The number of carbonyl (C=O) groups is 1. The largest absolute Gasteiger partial charge is 0.490 e. The highest BCUT2D eigenvalue weighted by Gasteiger charge is 2.12. The number of benzene rings is 1. The highest BCUT2D eigenvalue weighted by molar-refractivity contribution is 5.76. The summed E-state index contributed by atoms with van der Waals surface area (Å²) >= 11 is 0. The lowest BCUT2D eigenvalue weighted by Crippen LogP contribution is -2.25. The van der Waals surface area contributed by atoms with Crippen LogP contribution in [0.3, 0.4) is 0 Å². The SMILES string of the molecule is CCCNCc1ccc(OCC(C)C(N)=O)c(OCC)c1. The van der Waals surface area contributed by atoms with E-state index in [9.17, 15) is 4.79 Å². The molecule has 21 heavy (non-hydrogen) atoms. The Balaban J connectivity index is 2.71. The molecule has 0 radical (unpaired) electrons. The molecule has 0 aliphatic rings. The summed E-state index contributed by atoms with van der Waals surface area (Å²) in [5, 5.41) is 3.35. The molecule has 3 N–H and O–H groups in total. The van der Waals surface area contributed by atoms with E-state index in [-0.39, 0.29) is 18.4 Å². The van der Waals surface area contributed by atoms with Crippen molar-refractivity contribution in [2.75, 3.05) is 19.8 Å². The van der Waals surface area contributed by atoms with Gasteiger partial charge in [-0.15, -0.1) is 0 Å². The normalized spacial score (nSPS) is 12.0. The Morgan fingerprint density at radius 1 is 1.29 bits per heavy atom. The van der Waals surface area contributed by atoms with Crippen LogP contribution >= 0.6 is 0 Å². The molecular formula is C16H26N2O3. The number of rotatable bonds is 10. The van der Waals surface area contributed by atoms with E-state index < -0.39 is 0 Å². The molecule has 0 saturated heterocycles. The minimum Gasteiger partial charge on any atom is -0.490 e. The third kappa shape index (κ3) is 6.04. The van der Waals surface area contributed by atoms with Crippen LogP contribution < -0.4 is 20.5 Å². The molecule has 1 aromatic carbocycles. The van der Waals surface area contributed by atoms with Crippen molar-refractivity contribution in [2.24, 2.45) is 11.7 Å². The van der Waals surface area contributed by atoms with Crippen molar-refractivity contribution in [1.82, 2.24) is 5.32 Å². The third-order valence-electron chi connectivity index (χ3n) is 3.04. The second-order valence-corrected chi connectivity index (χ2v) is 5.01. The molecule has 0 aromatic heterocycles. The molecule has 0 bridgehead atoms. The fourth-order valence-electron chi connectivity index (χ4n) is 1.76. The van der Waals surface area contributed by atoms with Gasteiger partial charge >= 0.3 is 0 Å². The van der Waals surface area contributed by atoms with Gasteiger partial charge in [0, 0.05) is 6.54 Å². The van der Waals surface area contributed by atoms with E-state index in [0.29, 0.717) is 18.1 Å². The summed E-state index contributed by atoms with van der Waals surface area (Å²) in [6.07, 6.45) is 1.10. The van der Waals surface area contributed by atoms with Gasteiger partial charge in [-0.1, -0.05) is 19.9 Å². The highest BCUT2D eigenvalue weighted by atomic mass is 16.5. The highest BCUT2D eigenvalue weighted by Crippen LogP contribution is 2.29. The second kappa shape index (κ2) is 9.23. The van der Waals surface area contributed by atoms with Crippen LogP contribution in [0.4, 0.5) is 0 Å². The Morgan fingerprint density at radius 2 is 2.05 bits per heavy atom. The Morgan fingerprint density at radius 3 is 2.67 bits per heavy atom. The smallest absolute Gasteiger partial charge is 0.223 e. The van der Waals surface area contributed by atoms with Crippen molar-refractivity contribution in [3.8, 4) is 11.5 Å². The predicted molar refractivity (Wildman–Crippen MR) is 83.5 cm³/mol. The quantitative estimate of drug-likeness (QED) is 0.648. The van der Waals surface area contributed by atoms with E-state index in [0.717, 1.165) is 25.1 Å². The van der Waals surface area contributed by atoms with E-state index >= 15 is 0 Å². The molecule has 118 valence electrons. The zero-order valence-electron chi connectivity index (χ0n) is 13.1. The number of carbonyl (C=O) groups excluding carboxylic acids is 1. The van der Waals surface area contributed by atoms with Crippen molar-refractivity contribution in [1.29, 1.82) is 0 Å². The van der Waals surface area contributed by atoms with Crippen LogP contribution in [-0.4, -0.2) is 25.7 Å². The summed E-state index contributed by atoms with van der Waals surface area (Å²) in [5.41, 5.74) is 6.37. The van der Waals surface area contributed by atoms with E-state index in [1.807, 2.05) is 25.1 Å². The van der Waals surface area contributed by atoms with E-state index in [1.54, 1.807) is 6.92 Å². The fourth-order valence-corrected chi connectivity index (χ4v) is 1.76. The van der Waals surface area contributed by atoms with Gasteiger partial charge in [0.2, 0.25) is 5.91 Å². The molecule has 5 heteroatoms. The van der Waals surface area contributed by atoms with Crippen molar-refractivity contribution in [3.05, 3.63) is 23.8 Å². The van der Waals surface area contributed by atoms with Gasteiger partial charge in [0.05, 0.1) is 19.1 Å². The van der Waals surface area contributed by atoms with Crippen molar-refractivity contribution < 1.29 is 14.3 Å². The first-order valence-electron chi connectivity index (χ1n) is 7.47. The minimum atomic E-state index is -0.367. The lowest BCUT2D eigenvalue weighted by atomic mass is 10.2. The van der Waals surface area contributed by atoms with Crippen LogP contribution in [0.15, 0.2) is 18.2 Å². The average Bonchev–Trinajstić information content (AvgIpc) is 2.46. The molecule has 1 atom stereocenters. The van der Waals surface area contributed by atoms with E-state index in [4.69, 9.17) is 15.2 Å². The van der Waals surface area contributed by atoms with Crippen molar-refractivity contribution >= 4 is 5.91 Å².